The molecule has 680 valence electrons. The smallest absolute Gasteiger partial charge is 0.432 e. The van der Waals surface area contributed by atoms with Gasteiger partial charge < -0.3 is 66.3 Å². The molecule has 125 heavy (non-hydrogen) atoms. The number of carbonyl (C=O) groups excluding carboxylic acids is 7. The van der Waals surface area contributed by atoms with Gasteiger partial charge in [-0.15, -0.1) is 0 Å². The lowest BCUT2D eigenvalue weighted by atomic mass is 9.89. The largest absolute Gasteiger partial charge is 0.463 e. The Morgan fingerprint density at radius 3 is 0.632 bits per heavy atom. The fourth-order valence-corrected chi connectivity index (χ4v) is 13.6. The number of halogens is 21. The average Bonchev–Trinajstić information content (AvgIpc) is 0.745. The van der Waals surface area contributed by atoms with Crippen molar-refractivity contribution in [1.82, 2.24) is 0 Å². The van der Waals surface area contributed by atoms with Crippen molar-refractivity contribution in [3.05, 3.63) is 263 Å². The first-order valence-corrected chi connectivity index (χ1v) is 36.2. The van der Waals surface area contributed by atoms with Crippen molar-refractivity contribution in [1.29, 1.82) is 0 Å². The molecular weight excluding hydrogens is 1730 g/mol. The van der Waals surface area contributed by atoms with Crippen LogP contribution < -0.4 is 0 Å². The van der Waals surface area contributed by atoms with Crippen molar-refractivity contribution >= 4 is 41.8 Å². The summed E-state index contributed by atoms with van der Waals surface area (Å²) in [5.41, 5.74) is -42.5. The van der Waals surface area contributed by atoms with Gasteiger partial charge in [-0.2, -0.15) is 92.2 Å². The van der Waals surface area contributed by atoms with E-state index in [0.29, 0.717) is 92.0 Å². The van der Waals surface area contributed by atoms with E-state index in [1.54, 1.807) is 0 Å². The van der Waals surface area contributed by atoms with Crippen LogP contribution in [0.1, 0.15) is 64.6 Å². The van der Waals surface area contributed by atoms with Crippen LogP contribution >= 0.6 is 0 Å². The Bertz CT molecular complexity index is 4760. The number of alkyl halides is 21. The van der Waals surface area contributed by atoms with E-state index in [9.17, 15) is 9.59 Å². The number of benzene rings is 7. The molecule has 0 N–H and O–H groups in total. The molecule has 0 bridgehead atoms. The SMILES string of the molecule is C=C(CC[C@@H](OC(=O)[C@](OC)(c1ccccc1)C(F)(F)F)[C@@H](CCOC(=O)[C@](OC)(c1ccccc1)C(F)(F)F)OC(=O)[C@](OC)(c1ccccc1)C(F)(F)F)[C@@H](OC(=O)[C@](OC)(c1ccccc1)C(F)(F)F)[C@H](OC(=O)[C@](OC)(c1ccccc1)C(F)(F)F)[C@@H](CCOC(=O)[C@](OC)(c1ccccc1)C(F)(F)F)OC(=O)[C@](OC)(c1ccccc1)C(F)(F)F. The highest BCUT2D eigenvalue weighted by molar-refractivity contribution is 5.87. The molecule has 0 fully saturated rings. The van der Waals surface area contributed by atoms with Crippen molar-refractivity contribution in [2.75, 3.05) is 63.0 Å². The highest BCUT2D eigenvalue weighted by atomic mass is 19.4. The van der Waals surface area contributed by atoms with E-state index in [1.807, 2.05) is 0 Å². The maximum atomic E-state index is 16.5. The molecule has 21 nitrogen and oxygen atoms in total. The van der Waals surface area contributed by atoms with Crippen LogP contribution in [0, 0.1) is 0 Å². The van der Waals surface area contributed by atoms with Gasteiger partial charge >= 0.3 is 85.0 Å². The van der Waals surface area contributed by atoms with Crippen LogP contribution in [0.5, 0.6) is 0 Å². The Labute approximate surface area is 696 Å². The van der Waals surface area contributed by atoms with E-state index in [1.165, 1.54) is 0 Å². The van der Waals surface area contributed by atoms with Gasteiger partial charge in [0.15, 0.2) is 12.2 Å². The summed E-state index contributed by atoms with van der Waals surface area (Å²) >= 11 is 0. The minimum atomic E-state index is -6.34. The molecule has 0 amide bonds. The number of rotatable bonds is 39. The Morgan fingerprint density at radius 1 is 0.248 bits per heavy atom. The zero-order valence-corrected chi connectivity index (χ0v) is 66.1. The van der Waals surface area contributed by atoms with Crippen molar-refractivity contribution in [3.8, 4) is 0 Å². The summed E-state index contributed by atoms with van der Waals surface area (Å²) in [6, 6.07) is 26.8. The van der Waals surface area contributed by atoms with Crippen LogP contribution in [0.4, 0.5) is 92.2 Å². The molecule has 7 aromatic carbocycles. The van der Waals surface area contributed by atoms with Gasteiger partial charge in [-0.05, 0) is 18.4 Å². The molecule has 0 unspecified atom stereocenters. The van der Waals surface area contributed by atoms with Gasteiger partial charge in [-0.25, -0.2) is 33.6 Å². The maximum Gasteiger partial charge on any atom is 0.432 e. The van der Waals surface area contributed by atoms with Gasteiger partial charge in [-0.3, -0.25) is 0 Å². The van der Waals surface area contributed by atoms with Gasteiger partial charge in [0, 0.05) is 102 Å². The van der Waals surface area contributed by atoms with E-state index in [4.69, 9.17) is 66.3 Å². The summed E-state index contributed by atoms with van der Waals surface area (Å²) < 4.78 is 409. The number of esters is 7. The quantitative estimate of drug-likeness (QED) is 0.0150. The summed E-state index contributed by atoms with van der Waals surface area (Å²) in [4.78, 5) is 105. The Kier molecular flexibility index (Phi) is 32.3. The van der Waals surface area contributed by atoms with E-state index in [2.05, 4.69) is 6.58 Å². The lowest BCUT2D eigenvalue weighted by molar-refractivity contribution is -0.290. The third-order valence-corrected chi connectivity index (χ3v) is 20.0. The maximum absolute atomic E-state index is 16.5. The third kappa shape index (κ3) is 19.6. The fourth-order valence-electron chi connectivity index (χ4n) is 13.6. The lowest BCUT2D eigenvalue weighted by Gasteiger charge is -2.41. The molecule has 7 aromatic rings. The van der Waals surface area contributed by atoms with Crippen LogP contribution in [0.3, 0.4) is 0 Å². The van der Waals surface area contributed by atoms with Crippen LogP contribution in [0.2, 0.25) is 0 Å². The minimum absolute atomic E-state index is 0.116. The molecule has 0 aliphatic rings. The zero-order valence-electron chi connectivity index (χ0n) is 66.1. The van der Waals surface area contributed by atoms with Crippen LogP contribution in [-0.4, -0.2) is 179 Å². The fraction of sp³-hybridized carbons (Fsp3) is 0.386. The highest BCUT2D eigenvalue weighted by Gasteiger charge is 2.72. The Balaban J connectivity index is 1.64. The van der Waals surface area contributed by atoms with Crippen LogP contribution in [0.25, 0.3) is 0 Å². The molecule has 0 spiro atoms. The van der Waals surface area contributed by atoms with Gasteiger partial charge in [0.25, 0.3) is 39.2 Å². The molecule has 0 aliphatic heterocycles. The normalized spacial score (nSPS) is 17.1. The standard InChI is InChI=1S/C83H75F21O21/c1-50(44-45-58(121-65(107)72(114-4,79(90,91)92)53-34-20-11-21-35-53)59(122-66(108)73(115-5,80(93,94)95)54-36-22-12-23-37-54)46-48-119-63(105)70(112-2,77(84,85)86)51-30-16-9-17-31-51)61(124-68(110)75(117-7,82(99,100)101)56-40-26-14-27-41-56)62(125-69(111)76(118-8,83(102,103)104)57-42-28-15-29-43-57)60(123-67(109)74(116-6,81(96,97)98)55-38-24-13-25-39-55)47-49-120-64(106)71(113-3,78(87,88)89)52-32-18-10-19-33-52/h9-43,58-62H,1,44-49H2,2-8H3/t58-,59-,60-,61-,62-,70-,71-,72-,73-,74-,75-,76-/m1/s1. The number of ether oxygens (including phenoxy) is 14. The van der Waals surface area contributed by atoms with Crippen molar-refractivity contribution in [2.24, 2.45) is 0 Å². The number of hydrogen-bond acceptors (Lipinski definition) is 21. The van der Waals surface area contributed by atoms with E-state index in [-0.39, 0.29) is 42.7 Å². The Morgan fingerprint density at radius 2 is 0.424 bits per heavy atom. The average molecular weight is 1810 g/mol. The van der Waals surface area contributed by atoms with Crippen LogP contribution in [-0.2, 0) is 139 Å². The number of hydrogen-bond donors (Lipinski definition) is 0. The minimum Gasteiger partial charge on any atom is -0.463 e. The van der Waals surface area contributed by atoms with E-state index >= 15 is 116 Å². The molecule has 0 heterocycles. The first-order valence-electron chi connectivity index (χ1n) is 36.2. The second-order valence-corrected chi connectivity index (χ2v) is 26.8. The summed E-state index contributed by atoms with van der Waals surface area (Å²) in [6.45, 7) is -0.307. The van der Waals surface area contributed by atoms with Crippen molar-refractivity contribution in [2.45, 2.75) is 139 Å². The second-order valence-electron chi connectivity index (χ2n) is 26.8. The van der Waals surface area contributed by atoms with E-state index < -0.39 is 238 Å². The Hall–Kier alpha value is -11.2. The number of methoxy groups -OCH3 is 7. The number of carbonyl (C=O) groups is 7. The predicted molar refractivity (Wildman–Crippen MR) is 387 cm³/mol. The summed E-state index contributed by atoms with van der Waals surface area (Å²) in [5, 5.41) is 0. The molecule has 0 saturated carbocycles. The molecule has 0 saturated heterocycles. The molecule has 42 heteroatoms. The predicted octanol–water partition coefficient (Wildman–Crippen LogP) is 16.5. The first-order chi connectivity index (χ1) is 58.4. The van der Waals surface area contributed by atoms with Gasteiger partial charge in [0.1, 0.15) is 18.3 Å². The molecule has 0 radical (unpaired) electrons. The van der Waals surface area contributed by atoms with Crippen molar-refractivity contribution in [3.63, 3.8) is 0 Å². The third-order valence-electron chi connectivity index (χ3n) is 20.0. The molecule has 0 aliphatic carbocycles. The summed E-state index contributed by atoms with van der Waals surface area (Å²) in [6.07, 6.45) is -68.8. The molecular formula is C83H75F21O21. The van der Waals surface area contributed by atoms with Crippen LogP contribution in [0.15, 0.2) is 224 Å². The lowest BCUT2D eigenvalue weighted by Crippen LogP contribution is -2.59. The second kappa shape index (κ2) is 40.0. The molecule has 12 atom stereocenters. The van der Waals surface area contributed by atoms with Gasteiger partial charge in [0.05, 0.1) is 13.2 Å². The van der Waals surface area contributed by atoms with Gasteiger partial charge in [0.2, 0.25) is 0 Å². The highest BCUT2D eigenvalue weighted by Crippen LogP contribution is 2.52. The molecule has 0 aromatic heterocycles. The topological polar surface area (TPSA) is 249 Å². The first kappa shape index (κ1) is 101. The van der Waals surface area contributed by atoms with Gasteiger partial charge in [-0.1, -0.05) is 219 Å². The van der Waals surface area contributed by atoms with Crippen molar-refractivity contribution < 1.29 is 192 Å². The summed E-state index contributed by atoms with van der Waals surface area (Å²) in [7, 11) is 1.39. The summed E-state index contributed by atoms with van der Waals surface area (Å²) in [5.74, 6) is -19.8. The zero-order chi connectivity index (χ0) is 93.4. The molecule has 7 rings (SSSR count). The van der Waals surface area contributed by atoms with E-state index in [0.717, 1.165) is 127 Å². The monoisotopic (exact) mass is 1810 g/mol.